The lowest BCUT2D eigenvalue weighted by atomic mass is 10.2. The van der Waals surface area contributed by atoms with Crippen molar-refractivity contribution in [3.05, 3.63) is 53.3 Å². The van der Waals surface area contributed by atoms with Crippen molar-refractivity contribution >= 4 is 17.6 Å². The Hall–Kier alpha value is -3.09. The molecule has 0 aromatic heterocycles. The second kappa shape index (κ2) is 9.73. The second-order valence-corrected chi connectivity index (χ2v) is 6.68. The summed E-state index contributed by atoms with van der Waals surface area (Å²) >= 11 is 0. The van der Waals surface area contributed by atoms with Crippen molar-refractivity contribution in [2.45, 2.75) is 20.8 Å². The van der Waals surface area contributed by atoms with Crippen LogP contribution in [-0.2, 0) is 9.53 Å². The van der Waals surface area contributed by atoms with Crippen LogP contribution in [0, 0.1) is 18.7 Å². The summed E-state index contributed by atoms with van der Waals surface area (Å²) in [6, 6.07) is 9.04. The van der Waals surface area contributed by atoms with E-state index in [1.165, 1.54) is 31.4 Å². The molecule has 0 saturated carbocycles. The van der Waals surface area contributed by atoms with Gasteiger partial charge in [0.25, 0.3) is 5.91 Å². The maximum Gasteiger partial charge on any atom is 0.338 e. The van der Waals surface area contributed by atoms with Gasteiger partial charge in [-0.2, -0.15) is 0 Å². The smallest absolute Gasteiger partial charge is 0.338 e. The van der Waals surface area contributed by atoms with Gasteiger partial charge < -0.3 is 19.5 Å². The second-order valence-electron chi connectivity index (χ2n) is 6.68. The number of anilines is 1. The summed E-state index contributed by atoms with van der Waals surface area (Å²) < 4.78 is 29.6. The maximum absolute atomic E-state index is 13.8. The molecular weight excluding hydrogens is 365 g/mol. The van der Waals surface area contributed by atoms with Gasteiger partial charge in [-0.3, -0.25) is 4.79 Å². The van der Waals surface area contributed by atoms with Crippen molar-refractivity contribution in [3.8, 4) is 11.5 Å². The Labute approximate surface area is 163 Å². The van der Waals surface area contributed by atoms with E-state index >= 15 is 0 Å². The zero-order valence-electron chi connectivity index (χ0n) is 16.4. The summed E-state index contributed by atoms with van der Waals surface area (Å²) in [6.07, 6.45) is 0. The highest BCUT2D eigenvalue weighted by Gasteiger charge is 2.15. The van der Waals surface area contributed by atoms with Gasteiger partial charge in [0.05, 0.1) is 25.0 Å². The van der Waals surface area contributed by atoms with Crippen molar-refractivity contribution in [2.24, 2.45) is 5.92 Å². The third-order valence-electron chi connectivity index (χ3n) is 3.70. The molecule has 0 heterocycles. The first-order chi connectivity index (χ1) is 13.3. The van der Waals surface area contributed by atoms with Gasteiger partial charge in [0, 0.05) is 0 Å². The summed E-state index contributed by atoms with van der Waals surface area (Å²) in [7, 11) is 1.47. The van der Waals surface area contributed by atoms with E-state index in [0.717, 1.165) is 5.56 Å². The summed E-state index contributed by atoms with van der Waals surface area (Å²) in [5, 5.41) is 2.37. The molecule has 2 aromatic rings. The molecule has 2 aromatic carbocycles. The van der Waals surface area contributed by atoms with Crippen molar-refractivity contribution in [1.82, 2.24) is 0 Å². The number of carbonyl (C=O) groups excluding carboxylic acids is 2. The summed E-state index contributed by atoms with van der Waals surface area (Å²) in [5.41, 5.74) is 0.972. The first-order valence-corrected chi connectivity index (χ1v) is 8.84. The molecule has 0 aliphatic carbocycles. The number of carbonyl (C=O) groups is 2. The zero-order chi connectivity index (χ0) is 20.7. The normalized spacial score (nSPS) is 10.5. The van der Waals surface area contributed by atoms with E-state index in [9.17, 15) is 14.0 Å². The fourth-order valence-corrected chi connectivity index (χ4v) is 2.29. The van der Waals surface area contributed by atoms with Crippen LogP contribution in [0.1, 0.15) is 29.8 Å². The first-order valence-electron chi connectivity index (χ1n) is 8.84. The lowest BCUT2D eigenvalue weighted by Gasteiger charge is -2.13. The highest BCUT2D eigenvalue weighted by molar-refractivity contribution is 5.95. The van der Waals surface area contributed by atoms with E-state index in [1.54, 1.807) is 19.1 Å². The van der Waals surface area contributed by atoms with Crippen molar-refractivity contribution in [3.63, 3.8) is 0 Å². The molecular formula is C21H24FNO5. The third-order valence-corrected chi connectivity index (χ3v) is 3.70. The number of hydrogen-bond donors (Lipinski definition) is 1. The van der Waals surface area contributed by atoms with Gasteiger partial charge in [0.2, 0.25) is 0 Å². The maximum atomic E-state index is 13.8. The predicted octanol–water partition coefficient (Wildman–Crippen LogP) is 3.97. The molecule has 0 fully saturated rings. The van der Waals surface area contributed by atoms with E-state index in [2.05, 4.69) is 5.32 Å². The minimum Gasteiger partial charge on any atom is -0.493 e. The summed E-state index contributed by atoms with van der Waals surface area (Å²) in [4.78, 5) is 24.1. The van der Waals surface area contributed by atoms with Crippen LogP contribution in [0.15, 0.2) is 36.4 Å². The number of benzene rings is 2. The van der Waals surface area contributed by atoms with Gasteiger partial charge in [-0.25, -0.2) is 9.18 Å². The molecule has 28 heavy (non-hydrogen) atoms. The Kier molecular flexibility index (Phi) is 7.37. The van der Waals surface area contributed by atoms with Crippen LogP contribution in [0.3, 0.4) is 0 Å². The van der Waals surface area contributed by atoms with E-state index in [4.69, 9.17) is 14.2 Å². The van der Waals surface area contributed by atoms with Crippen LogP contribution in [0.5, 0.6) is 11.5 Å². The van der Waals surface area contributed by atoms with Crippen LogP contribution in [-0.4, -0.2) is 32.2 Å². The molecule has 2 rings (SSSR count). The molecule has 0 aliphatic heterocycles. The Morgan fingerprint density at radius 1 is 1.11 bits per heavy atom. The van der Waals surface area contributed by atoms with E-state index in [-0.39, 0.29) is 11.3 Å². The first kappa shape index (κ1) is 21.2. The van der Waals surface area contributed by atoms with Crippen LogP contribution in [0.2, 0.25) is 0 Å². The number of nitrogens with one attached hydrogen (secondary N) is 1. The third kappa shape index (κ3) is 5.97. The topological polar surface area (TPSA) is 73.9 Å². The molecule has 0 saturated heterocycles. The molecule has 150 valence electrons. The van der Waals surface area contributed by atoms with E-state index in [0.29, 0.717) is 24.0 Å². The predicted molar refractivity (Wildman–Crippen MR) is 103 cm³/mol. The fraction of sp³-hybridized carbons (Fsp3) is 0.333. The van der Waals surface area contributed by atoms with Crippen LogP contribution >= 0.6 is 0 Å². The standard InChI is InChI=1S/C21H24FNO5/c1-13(2)11-27-18-8-6-15(10-19(18)26-4)21(25)28-12-20(24)23-17-7-5-14(3)9-16(17)22/h5-10,13H,11-12H2,1-4H3,(H,23,24). The van der Waals surface area contributed by atoms with Crippen molar-refractivity contribution in [2.75, 3.05) is 25.6 Å². The molecule has 0 radical (unpaired) electrons. The molecule has 1 N–H and O–H groups in total. The van der Waals surface area contributed by atoms with Crippen LogP contribution in [0.4, 0.5) is 10.1 Å². The quantitative estimate of drug-likeness (QED) is 0.692. The highest BCUT2D eigenvalue weighted by Crippen LogP contribution is 2.28. The molecule has 1 amide bonds. The van der Waals surface area contributed by atoms with Crippen molar-refractivity contribution in [1.29, 1.82) is 0 Å². The van der Waals surface area contributed by atoms with Gasteiger partial charge >= 0.3 is 5.97 Å². The molecule has 6 nitrogen and oxygen atoms in total. The molecule has 0 unspecified atom stereocenters. The van der Waals surface area contributed by atoms with E-state index < -0.39 is 24.3 Å². The summed E-state index contributed by atoms with van der Waals surface area (Å²) in [6.45, 7) is 5.75. The average molecular weight is 389 g/mol. The van der Waals surface area contributed by atoms with Gasteiger partial charge in [-0.1, -0.05) is 19.9 Å². The SMILES string of the molecule is COc1cc(C(=O)OCC(=O)Nc2ccc(C)cc2F)ccc1OCC(C)C. The van der Waals surface area contributed by atoms with Gasteiger partial charge in [-0.05, 0) is 48.7 Å². The number of esters is 1. The lowest BCUT2D eigenvalue weighted by molar-refractivity contribution is -0.119. The number of methoxy groups -OCH3 is 1. The number of halogens is 1. The average Bonchev–Trinajstić information content (AvgIpc) is 2.66. The number of aryl methyl sites for hydroxylation is 1. The number of amides is 1. The van der Waals surface area contributed by atoms with Gasteiger partial charge in [0.15, 0.2) is 18.1 Å². The van der Waals surface area contributed by atoms with Crippen molar-refractivity contribution < 1.29 is 28.2 Å². The largest absolute Gasteiger partial charge is 0.493 e. The van der Waals surface area contributed by atoms with Crippen LogP contribution in [0.25, 0.3) is 0 Å². The van der Waals surface area contributed by atoms with Crippen LogP contribution < -0.4 is 14.8 Å². The molecule has 0 aliphatic rings. The minimum absolute atomic E-state index is 0.0278. The number of ether oxygens (including phenoxy) is 3. The van der Waals surface area contributed by atoms with Gasteiger partial charge in [0.1, 0.15) is 5.82 Å². The molecule has 0 spiro atoms. The lowest BCUT2D eigenvalue weighted by Crippen LogP contribution is -2.21. The van der Waals surface area contributed by atoms with E-state index in [1.807, 2.05) is 13.8 Å². The Bertz CT molecular complexity index is 851. The molecule has 0 atom stereocenters. The summed E-state index contributed by atoms with van der Waals surface area (Å²) in [5.74, 6) is -0.651. The Balaban J connectivity index is 1.95. The highest BCUT2D eigenvalue weighted by atomic mass is 19.1. The molecule has 7 heteroatoms. The minimum atomic E-state index is -0.701. The number of hydrogen-bond acceptors (Lipinski definition) is 5. The number of rotatable bonds is 8. The molecule has 0 bridgehead atoms. The fourth-order valence-electron chi connectivity index (χ4n) is 2.29. The monoisotopic (exact) mass is 389 g/mol. The zero-order valence-corrected chi connectivity index (χ0v) is 16.4. The Morgan fingerprint density at radius 2 is 1.86 bits per heavy atom. The Morgan fingerprint density at radius 3 is 2.50 bits per heavy atom. The van der Waals surface area contributed by atoms with Gasteiger partial charge in [-0.15, -0.1) is 0 Å².